The number of hydrogen-bond acceptors (Lipinski definition) is 5. The van der Waals surface area contributed by atoms with Crippen molar-refractivity contribution in [3.8, 4) is 0 Å². The molecule has 0 aromatic rings. The summed E-state index contributed by atoms with van der Waals surface area (Å²) >= 11 is 0.957. The number of rotatable bonds is 4. The molecule has 4 nitrogen and oxygen atoms in total. The monoisotopic (exact) mass is 230 g/mol. The Balaban J connectivity index is 1.65. The van der Waals surface area contributed by atoms with Crippen molar-refractivity contribution in [1.82, 2.24) is 4.72 Å². The molecule has 4 fully saturated rings. The van der Waals surface area contributed by atoms with Crippen molar-refractivity contribution in [2.24, 2.45) is 17.8 Å². The maximum absolute atomic E-state index is 9.73. The molecule has 4 rings (SSSR count). The minimum atomic E-state index is 0.220. The van der Waals surface area contributed by atoms with Crippen molar-refractivity contribution in [1.29, 1.82) is 0 Å². The molecule has 15 heavy (non-hydrogen) atoms. The van der Waals surface area contributed by atoms with Crippen molar-refractivity contribution >= 4 is 12.2 Å². The maximum atomic E-state index is 9.73. The van der Waals surface area contributed by atoms with Gasteiger partial charge >= 0.3 is 0 Å². The fourth-order valence-corrected chi connectivity index (χ4v) is 4.84. The third-order valence-electron chi connectivity index (χ3n) is 4.36. The minimum Gasteiger partial charge on any atom is -0.691 e. The summed E-state index contributed by atoms with van der Waals surface area (Å²) in [5.74, 6) is 2.70. The average Bonchev–Trinajstić information content (AvgIpc) is 2.15. The van der Waals surface area contributed by atoms with Crippen LogP contribution in [0.5, 0.6) is 0 Å². The summed E-state index contributed by atoms with van der Waals surface area (Å²) in [5.41, 5.74) is 0.220. The van der Waals surface area contributed by atoms with Gasteiger partial charge in [-0.25, -0.2) is 4.72 Å². The van der Waals surface area contributed by atoms with Gasteiger partial charge in [0.15, 0.2) is 0 Å². The second-order valence-corrected chi connectivity index (χ2v) is 6.03. The van der Waals surface area contributed by atoms with Crippen LogP contribution < -0.4 is 9.98 Å². The summed E-state index contributed by atoms with van der Waals surface area (Å²) in [6.45, 7) is 0. The van der Waals surface area contributed by atoms with Crippen LogP contribution in [-0.2, 0) is 9.37 Å². The molecular formula is C10H16NO3S-. The lowest BCUT2D eigenvalue weighted by Crippen LogP contribution is -2.56. The van der Waals surface area contributed by atoms with Gasteiger partial charge in [0.1, 0.15) is 12.2 Å². The number of nitrogens with one attached hydrogen (secondary N) is 1. The van der Waals surface area contributed by atoms with Gasteiger partial charge in [0.2, 0.25) is 0 Å². The quantitative estimate of drug-likeness (QED) is 0.260. The molecule has 4 aliphatic carbocycles. The lowest BCUT2D eigenvalue weighted by molar-refractivity contribution is -0.777. The van der Waals surface area contributed by atoms with E-state index in [1.165, 1.54) is 38.5 Å². The standard InChI is InChI=1S/C10H17NO3S/c12-13-14-15-11-10-4-7-1-8(5-10)3-9(2-7)6-10/h7-9,11-12H,1-6H2/p-1. The zero-order valence-corrected chi connectivity index (χ0v) is 9.42. The largest absolute Gasteiger partial charge is 0.691 e. The van der Waals surface area contributed by atoms with E-state index < -0.39 is 0 Å². The minimum absolute atomic E-state index is 0.220. The molecule has 0 aromatic heterocycles. The van der Waals surface area contributed by atoms with Gasteiger partial charge in [0.05, 0.1) is 0 Å². The van der Waals surface area contributed by atoms with Crippen LogP contribution in [0.15, 0.2) is 0 Å². The van der Waals surface area contributed by atoms with E-state index in [1.807, 2.05) is 0 Å². The van der Waals surface area contributed by atoms with Crippen LogP contribution in [-0.4, -0.2) is 5.54 Å². The summed E-state index contributed by atoms with van der Waals surface area (Å²) in [4.78, 5) is 0. The van der Waals surface area contributed by atoms with Gasteiger partial charge in [-0.1, -0.05) is 0 Å². The molecule has 1 N–H and O–H groups in total. The molecule has 5 heteroatoms. The molecule has 0 aromatic carbocycles. The molecule has 0 radical (unpaired) electrons. The molecule has 4 bridgehead atoms. The Morgan fingerprint density at radius 3 is 2.07 bits per heavy atom. The Labute approximate surface area is 93.9 Å². The third-order valence-corrected chi connectivity index (χ3v) is 5.00. The van der Waals surface area contributed by atoms with Gasteiger partial charge in [0, 0.05) is 5.54 Å². The zero-order valence-electron chi connectivity index (χ0n) is 8.61. The zero-order chi connectivity index (χ0) is 10.3. The van der Waals surface area contributed by atoms with E-state index in [0.29, 0.717) is 0 Å². The summed E-state index contributed by atoms with van der Waals surface area (Å²) in [6.07, 6.45) is 8.00. The van der Waals surface area contributed by atoms with Crippen LogP contribution in [0.2, 0.25) is 0 Å². The molecule has 0 spiro atoms. The van der Waals surface area contributed by atoms with Crippen LogP contribution in [0.4, 0.5) is 0 Å². The highest BCUT2D eigenvalue weighted by atomic mass is 32.2. The Kier molecular flexibility index (Phi) is 2.68. The van der Waals surface area contributed by atoms with Gasteiger partial charge in [-0.15, -0.1) is 0 Å². The molecule has 4 aliphatic rings. The second-order valence-electron chi connectivity index (χ2n) is 5.52. The number of hydrogen-bond donors (Lipinski definition) is 1. The molecule has 0 aliphatic heterocycles. The molecule has 0 atom stereocenters. The second kappa shape index (κ2) is 3.89. The van der Waals surface area contributed by atoms with E-state index >= 15 is 0 Å². The van der Waals surface area contributed by atoms with Crippen LogP contribution in [0.25, 0.3) is 0 Å². The molecule has 0 amide bonds. The Hall–Kier alpha value is 0.190. The molecule has 0 unspecified atom stereocenters. The van der Waals surface area contributed by atoms with Gasteiger partial charge in [-0.2, -0.15) is 4.33 Å². The highest BCUT2D eigenvalue weighted by Gasteiger charge is 2.50. The Bertz CT molecular complexity index is 214. The van der Waals surface area contributed by atoms with Crippen LogP contribution in [0.1, 0.15) is 38.5 Å². The lowest BCUT2D eigenvalue weighted by atomic mass is 9.53. The summed E-state index contributed by atoms with van der Waals surface area (Å²) in [5, 5.41) is 13.1. The smallest absolute Gasteiger partial charge is 0.117 e. The van der Waals surface area contributed by atoms with Gasteiger partial charge in [0.25, 0.3) is 0 Å². The van der Waals surface area contributed by atoms with Crippen molar-refractivity contribution in [2.75, 3.05) is 0 Å². The normalized spacial score (nSPS) is 47.4. The van der Waals surface area contributed by atoms with E-state index in [2.05, 4.69) is 14.1 Å². The fraction of sp³-hybridized carbons (Fsp3) is 1.00. The Morgan fingerprint density at radius 2 is 1.60 bits per heavy atom. The topological polar surface area (TPSA) is 53.5 Å². The maximum Gasteiger partial charge on any atom is 0.117 e. The van der Waals surface area contributed by atoms with E-state index in [4.69, 9.17) is 0 Å². The highest BCUT2D eigenvalue weighted by molar-refractivity contribution is 7.92. The lowest BCUT2D eigenvalue weighted by Gasteiger charge is -2.56. The SMILES string of the molecule is [O-]OOSNC12CC3CC(CC(C3)C1)C2. The van der Waals surface area contributed by atoms with Crippen LogP contribution >= 0.6 is 12.2 Å². The van der Waals surface area contributed by atoms with Crippen molar-refractivity contribution in [2.45, 2.75) is 44.1 Å². The van der Waals surface area contributed by atoms with E-state index in [9.17, 15) is 5.26 Å². The first-order chi connectivity index (χ1) is 7.30. The van der Waals surface area contributed by atoms with E-state index in [0.717, 1.165) is 30.0 Å². The van der Waals surface area contributed by atoms with Gasteiger partial charge in [-0.05, 0) is 56.3 Å². The Morgan fingerprint density at radius 1 is 1.07 bits per heavy atom. The predicted molar refractivity (Wildman–Crippen MR) is 53.8 cm³/mol. The first-order valence-electron chi connectivity index (χ1n) is 5.69. The molecule has 0 saturated heterocycles. The van der Waals surface area contributed by atoms with Crippen molar-refractivity contribution in [3.05, 3.63) is 0 Å². The molecular weight excluding hydrogens is 214 g/mol. The van der Waals surface area contributed by atoms with E-state index in [-0.39, 0.29) is 5.54 Å². The molecule has 0 heterocycles. The summed E-state index contributed by atoms with van der Waals surface area (Å²) in [6, 6.07) is 0. The van der Waals surface area contributed by atoms with Crippen LogP contribution in [0.3, 0.4) is 0 Å². The van der Waals surface area contributed by atoms with Crippen molar-refractivity contribution < 1.29 is 14.6 Å². The van der Waals surface area contributed by atoms with Gasteiger partial charge in [-0.3, -0.25) is 5.04 Å². The fourth-order valence-electron chi connectivity index (χ4n) is 4.35. The molecule has 86 valence electrons. The highest BCUT2D eigenvalue weighted by Crippen LogP contribution is 2.56. The van der Waals surface area contributed by atoms with Crippen molar-refractivity contribution in [3.63, 3.8) is 0 Å². The summed E-state index contributed by atoms with van der Waals surface area (Å²) in [7, 11) is 0. The van der Waals surface area contributed by atoms with Gasteiger partial charge < -0.3 is 5.26 Å². The van der Waals surface area contributed by atoms with E-state index in [1.54, 1.807) is 0 Å². The first-order valence-corrected chi connectivity index (χ1v) is 6.43. The summed E-state index contributed by atoms with van der Waals surface area (Å²) < 4.78 is 7.62. The first kappa shape index (κ1) is 10.4. The third kappa shape index (κ3) is 1.91. The predicted octanol–water partition coefficient (Wildman–Crippen LogP) is 1.33. The van der Waals surface area contributed by atoms with Crippen LogP contribution in [0, 0.1) is 17.8 Å². The average molecular weight is 230 g/mol. The molecule has 4 saturated carbocycles.